The van der Waals surface area contributed by atoms with Crippen LogP contribution in [-0.4, -0.2) is 41.4 Å². The normalized spacial score (nSPS) is 31.7. The quantitative estimate of drug-likeness (QED) is 0.739. The van der Waals surface area contributed by atoms with Gasteiger partial charge in [-0.2, -0.15) is 0 Å². The molecule has 0 unspecified atom stereocenters. The summed E-state index contributed by atoms with van der Waals surface area (Å²) in [6.45, 7) is 7.18. The summed E-state index contributed by atoms with van der Waals surface area (Å²) in [4.78, 5) is 14.6. The van der Waals surface area contributed by atoms with Crippen molar-refractivity contribution < 1.29 is 14.3 Å². The fourth-order valence-corrected chi connectivity index (χ4v) is 3.88. The van der Waals surface area contributed by atoms with Crippen molar-refractivity contribution in [3.8, 4) is 0 Å². The Morgan fingerprint density at radius 2 is 2.23 bits per heavy atom. The first-order chi connectivity index (χ1) is 10.4. The minimum Gasteiger partial charge on any atom is -0.444 e. The molecule has 0 bridgehead atoms. The van der Waals surface area contributed by atoms with Crippen LogP contribution in [0.3, 0.4) is 0 Å². The van der Waals surface area contributed by atoms with Crippen molar-refractivity contribution in [2.45, 2.75) is 70.1 Å². The molecule has 0 aromatic rings. The molecule has 0 N–H and O–H groups in total. The second kappa shape index (κ2) is 5.73. The second-order valence-electron chi connectivity index (χ2n) is 7.49. The molecule has 4 heteroatoms. The van der Waals surface area contributed by atoms with E-state index in [4.69, 9.17) is 9.47 Å². The summed E-state index contributed by atoms with van der Waals surface area (Å²) in [5.41, 5.74) is 0.476. The van der Waals surface area contributed by atoms with E-state index >= 15 is 0 Å². The van der Waals surface area contributed by atoms with Gasteiger partial charge in [0, 0.05) is 6.54 Å². The Morgan fingerprint density at radius 1 is 1.41 bits per heavy atom. The van der Waals surface area contributed by atoms with E-state index in [0.29, 0.717) is 6.61 Å². The Kier molecular flexibility index (Phi) is 4.06. The average Bonchev–Trinajstić information content (AvgIpc) is 2.90. The first-order valence-corrected chi connectivity index (χ1v) is 8.43. The van der Waals surface area contributed by atoms with E-state index in [1.165, 1.54) is 5.57 Å². The summed E-state index contributed by atoms with van der Waals surface area (Å²) in [5, 5.41) is 0. The van der Waals surface area contributed by atoms with E-state index in [1.807, 2.05) is 25.7 Å². The fraction of sp³-hybridized carbons (Fsp3) is 0.722. The predicted molar refractivity (Wildman–Crippen MR) is 85.7 cm³/mol. The van der Waals surface area contributed by atoms with E-state index in [-0.39, 0.29) is 17.7 Å². The molecule has 1 amide bonds. The molecule has 3 rings (SSSR count). The van der Waals surface area contributed by atoms with Gasteiger partial charge < -0.3 is 14.4 Å². The van der Waals surface area contributed by atoms with Crippen molar-refractivity contribution in [3.05, 3.63) is 23.8 Å². The number of hydrogen-bond donors (Lipinski definition) is 0. The highest BCUT2D eigenvalue weighted by molar-refractivity contribution is 5.69. The van der Waals surface area contributed by atoms with Gasteiger partial charge in [-0.25, -0.2) is 4.79 Å². The number of likely N-dealkylation sites (tertiary alicyclic amines) is 1. The highest BCUT2D eigenvalue weighted by Gasteiger charge is 2.50. The molecule has 122 valence electrons. The molecular formula is C18H27NO3. The zero-order valence-electron chi connectivity index (χ0n) is 13.9. The second-order valence-corrected chi connectivity index (χ2v) is 7.49. The monoisotopic (exact) mass is 305 g/mol. The van der Waals surface area contributed by atoms with Crippen LogP contribution in [0, 0.1) is 0 Å². The summed E-state index contributed by atoms with van der Waals surface area (Å²) in [5.74, 6) is 0. The third kappa shape index (κ3) is 2.81. The maximum Gasteiger partial charge on any atom is 0.410 e. The molecule has 1 saturated heterocycles. The lowest BCUT2D eigenvalue weighted by molar-refractivity contribution is -0.0741. The molecule has 0 spiro atoms. The Morgan fingerprint density at radius 3 is 3.00 bits per heavy atom. The van der Waals surface area contributed by atoms with E-state index < -0.39 is 5.60 Å². The van der Waals surface area contributed by atoms with Crippen LogP contribution < -0.4 is 0 Å². The molecular weight excluding hydrogens is 278 g/mol. The van der Waals surface area contributed by atoms with Crippen LogP contribution in [0.5, 0.6) is 0 Å². The summed E-state index contributed by atoms with van der Waals surface area (Å²) in [7, 11) is 0. The number of rotatable bonds is 1. The largest absolute Gasteiger partial charge is 0.444 e. The van der Waals surface area contributed by atoms with Crippen molar-refractivity contribution >= 4 is 6.09 Å². The maximum atomic E-state index is 12.7. The highest BCUT2D eigenvalue weighted by Crippen LogP contribution is 2.44. The molecule has 0 saturated carbocycles. The van der Waals surface area contributed by atoms with Crippen molar-refractivity contribution in [1.29, 1.82) is 0 Å². The number of nitrogens with zero attached hydrogens (tertiary/aromatic N) is 1. The lowest BCUT2D eigenvalue weighted by atomic mass is 9.76. The van der Waals surface area contributed by atoms with Crippen molar-refractivity contribution in [3.63, 3.8) is 0 Å². The molecule has 1 fully saturated rings. The number of hydrogen-bond acceptors (Lipinski definition) is 3. The van der Waals surface area contributed by atoms with Gasteiger partial charge in [0.15, 0.2) is 0 Å². The summed E-state index contributed by atoms with van der Waals surface area (Å²) < 4.78 is 11.8. The van der Waals surface area contributed by atoms with E-state index in [2.05, 4.69) is 18.2 Å². The molecule has 2 heterocycles. The fourth-order valence-electron chi connectivity index (χ4n) is 3.88. The van der Waals surface area contributed by atoms with Crippen LogP contribution in [0.4, 0.5) is 4.79 Å². The summed E-state index contributed by atoms with van der Waals surface area (Å²) in [6, 6.07) is 0.0924. The van der Waals surface area contributed by atoms with Crippen LogP contribution in [0.15, 0.2) is 23.8 Å². The zero-order chi connectivity index (χ0) is 15.8. The number of allylic oxidation sites excluding steroid dienone is 1. The average molecular weight is 305 g/mol. The SMILES string of the molecule is CC(C)(C)OC(=O)N1CCCC[C@@H]1[C@]12CCC=CC1=CCO2. The number of piperidine rings is 1. The lowest BCUT2D eigenvalue weighted by Crippen LogP contribution is -2.58. The van der Waals surface area contributed by atoms with Gasteiger partial charge in [0.25, 0.3) is 0 Å². The Hall–Kier alpha value is -1.29. The number of carbonyl (C=O) groups excluding carboxylic acids is 1. The zero-order valence-corrected chi connectivity index (χ0v) is 13.9. The number of amides is 1. The Labute approximate surface area is 133 Å². The van der Waals surface area contributed by atoms with Crippen LogP contribution in [0.1, 0.15) is 52.9 Å². The first kappa shape index (κ1) is 15.6. The Balaban J connectivity index is 1.85. The molecule has 0 radical (unpaired) electrons. The van der Waals surface area contributed by atoms with Crippen LogP contribution in [-0.2, 0) is 9.47 Å². The molecule has 2 atom stereocenters. The van der Waals surface area contributed by atoms with Gasteiger partial charge >= 0.3 is 6.09 Å². The van der Waals surface area contributed by atoms with E-state index in [0.717, 1.165) is 38.6 Å². The first-order valence-electron chi connectivity index (χ1n) is 8.43. The van der Waals surface area contributed by atoms with Gasteiger partial charge in [-0.15, -0.1) is 0 Å². The van der Waals surface area contributed by atoms with Gasteiger partial charge in [-0.3, -0.25) is 0 Å². The molecule has 3 aliphatic rings. The van der Waals surface area contributed by atoms with Crippen LogP contribution >= 0.6 is 0 Å². The Bertz CT molecular complexity index is 503. The third-order valence-electron chi connectivity index (χ3n) is 4.78. The van der Waals surface area contributed by atoms with Gasteiger partial charge in [-0.1, -0.05) is 18.2 Å². The predicted octanol–water partition coefficient (Wildman–Crippen LogP) is 3.82. The van der Waals surface area contributed by atoms with Gasteiger partial charge in [0.2, 0.25) is 0 Å². The molecule has 0 aromatic carbocycles. The summed E-state index contributed by atoms with van der Waals surface area (Å²) in [6.07, 6.45) is 11.5. The molecule has 1 aliphatic carbocycles. The van der Waals surface area contributed by atoms with Crippen molar-refractivity contribution in [2.75, 3.05) is 13.2 Å². The molecule has 22 heavy (non-hydrogen) atoms. The third-order valence-corrected chi connectivity index (χ3v) is 4.78. The smallest absolute Gasteiger partial charge is 0.410 e. The van der Waals surface area contributed by atoms with Crippen LogP contribution in [0.25, 0.3) is 0 Å². The van der Waals surface area contributed by atoms with Gasteiger partial charge in [0.05, 0.1) is 12.6 Å². The molecule has 2 aliphatic heterocycles. The topological polar surface area (TPSA) is 38.8 Å². The van der Waals surface area contributed by atoms with Gasteiger partial charge in [0.1, 0.15) is 11.2 Å². The minimum atomic E-state index is -0.460. The molecule has 4 nitrogen and oxygen atoms in total. The van der Waals surface area contributed by atoms with Crippen molar-refractivity contribution in [1.82, 2.24) is 4.90 Å². The number of carbonyl (C=O) groups is 1. The van der Waals surface area contributed by atoms with Crippen molar-refractivity contribution in [2.24, 2.45) is 0 Å². The van der Waals surface area contributed by atoms with Gasteiger partial charge in [-0.05, 0) is 58.4 Å². The molecule has 0 aromatic heterocycles. The van der Waals surface area contributed by atoms with E-state index in [1.54, 1.807) is 0 Å². The minimum absolute atomic E-state index is 0.0924. The standard InChI is InChI=1S/C18H27NO3/c1-17(2,3)22-16(20)19-12-7-5-9-15(19)18-11-6-4-8-14(18)10-13-21-18/h4,8,10,15H,5-7,9,11-13H2,1-3H3/t15-,18+/m1/s1. The van der Waals surface area contributed by atoms with E-state index in [9.17, 15) is 4.79 Å². The maximum absolute atomic E-state index is 12.7. The van der Waals surface area contributed by atoms with Crippen LogP contribution in [0.2, 0.25) is 0 Å². The lowest BCUT2D eigenvalue weighted by Gasteiger charge is -2.47. The number of ether oxygens (including phenoxy) is 2. The highest BCUT2D eigenvalue weighted by atomic mass is 16.6. The number of fused-ring (bicyclic) bond motifs is 1. The summed E-state index contributed by atoms with van der Waals surface area (Å²) >= 11 is 0.